The van der Waals surface area contributed by atoms with Crippen LogP contribution in [0.4, 0.5) is 5.82 Å². The highest BCUT2D eigenvalue weighted by molar-refractivity contribution is 6.00. The van der Waals surface area contributed by atoms with Crippen LogP contribution in [0.15, 0.2) is 73.2 Å². The molecule has 6 rings (SSSR count). The van der Waals surface area contributed by atoms with Gasteiger partial charge in [0.1, 0.15) is 17.7 Å². The zero-order chi connectivity index (χ0) is 29.9. The molecule has 2 fully saturated rings. The van der Waals surface area contributed by atoms with Crippen molar-refractivity contribution in [1.29, 1.82) is 0 Å². The number of anilines is 1. The Bertz CT molecular complexity index is 1590. The molecule has 10 heteroatoms. The Morgan fingerprint density at radius 3 is 2.26 bits per heavy atom. The lowest BCUT2D eigenvalue weighted by Crippen LogP contribution is -2.38. The van der Waals surface area contributed by atoms with Crippen molar-refractivity contribution in [2.24, 2.45) is 7.05 Å². The van der Waals surface area contributed by atoms with Crippen molar-refractivity contribution in [1.82, 2.24) is 29.9 Å². The summed E-state index contributed by atoms with van der Waals surface area (Å²) >= 11 is 0. The topological polar surface area (TPSA) is 119 Å². The number of rotatable bonds is 7. The summed E-state index contributed by atoms with van der Waals surface area (Å²) in [6.45, 7) is 3.12. The van der Waals surface area contributed by atoms with Gasteiger partial charge in [0, 0.05) is 68.4 Å². The molecule has 3 N–H and O–H groups in total. The van der Waals surface area contributed by atoms with Crippen LogP contribution in [-0.4, -0.2) is 81.8 Å². The van der Waals surface area contributed by atoms with Crippen molar-refractivity contribution in [3.05, 3.63) is 84.3 Å². The quantitative estimate of drug-likeness (QED) is 0.341. The molecule has 4 aromatic rings. The number of piperidine rings is 1. The molecule has 0 radical (unpaired) electrons. The van der Waals surface area contributed by atoms with Gasteiger partial charge in [-0.05, 0) is 67.8 Å². The number of nitrogens with zero attached hydrogens (tertiary/aromatic N) is 5. The number of likely N-dealkylation sites (tertiary alicyclic amines) is 2. The van der Waals surface area contributed by atoms with Crippen LogP contribution in [0.25, 0.3) is 22.3 Å². The van der Waals surface area contributed by atoms with Gasteiger partial charge in [-0.15, -0.1) is 0 Å². The zero-order valence-electron chi connectivity index (χ0n) is 24.6. The minimum Gasteiger partial charge on any atom is -0.490 e. The van der Waals surface area contributed by atoms with E-state index in [1.165, 1.54) is 0 Å². The second-order valence-electron chi connectivity index (χ2n) is 11.5. The first-order valence-corrected chi connectivity index (χ1v) is 14.7. The summed E-state index contributed by atoms with van der Waals surface area (Å²) in [4.78, 5) is 34.7. The number of aryl methyl sites for hydroxylation is 1. The molecule has 2 aliphatic rings. The molecule has 2 saturated heterocycles. The van der Waals surface area contributed by atoms with E-state index in [4.69, 9.17) is 10.5 Å². The number of nitrogens with one attached hydrogen (secondary N) is 1. The Balaban J connectivity index is 1.04. The van der Waals surface area contributed by atoms with Crippen molar-refractivity contribution in [2.45, 2.75) is 31.4 Å². The Hall–Kier alpha value is -4.70. The van der Waals surface area contributed by atoms with Crippen LogP contribution < -0.4 is 15.8 Å². The Morgan fingerprint density at radius 1 is 0.884 bits per heavy atom. The van der Waals surface area contributed by atoms with Crippen LogP contribution in [0.2, 0.25) is 0 Å². The maximum atomic E-state index is 13.3. The van der Waals surface area contributed by atoms with E-state index in [-0.39, 0.29) is 29.8 Å². The van der Waals surface area contributed by atoms with E-state index in [9.17, 15) is 9.59 Å². The van der Waals surface area contributed by atoms with E-state index < -0.39 is 0 Å². The van der Waals surface area contributed by atoms with Gasteiger partial charge in [-0.2, -0.15) is 5.10 Å². The smallest absolute Gasteiger partial charge is 0.255 e. The number of amides is 2. The van der Waals surface area contributed by atoms with Gasteiger partial charge < -0.3 is 25.6 Å². The molecule has 2 amide bonds. The van der Waals surface area contributed by atoms with Crippen LogP contribution in [0.3, 0.4) is 0 Å². The molecule has 2 aromatic carbocycles. The molecule has 43 heavy (non-hydrogen) atoms. The molecule has 0 bridgehead atoms. The van der Waals surface area contributed by atoms with E-state index >= 15 is 0 Å². The van der Waals surface area contributed by atoms with Crippen LogP contribution in [0.1, 0.15) is 40.0 Å². The second kappa shape index (κ2) is 12.3. The fourth-order valence-electron chi connectivity index (χ4n) is 5.72. The van der Waals surface area contributed by atoms with E-state index in [0.717, 1.165) is 53.9 Å². The monoisotopic (exact) mass is 579 g/mol. The third-order valence-electron chi connectivity index (χ3n) is 8.30. The van der Waals surface area contributed by atoms with Gasteiger partial charge in [-0.3, -0.25) is 14.3 Å². The molecule has 0 spiro atoms. The first kappa shape index (κ1) is 28.4. The number of hydrogen-bond acceptors (Lipinski definition) is 7. The van der Waals surface area contributed by atoms with Crippen molar-refractivity contribution in [2.75, 3.05) is 39.0 Å². The van der Waals surface area contributed by atoms with Crippen LogP contribution in [-0.2, 0) is 7.05 Å². The highest BCUT2D eigenvalue weighted by Crippen LogP contribution is 2.26. The number of nitrogens with two attached hydrogens (primary N) is 1. The van der Waals surface area contributed by atoms with E-state index in [1.807, 2.05) is 49.6 Å². The van der Waals surface area contributed by atoms with Crippen molar-refractivity contribution >= 4 is 17.6 Å². The van der Waals surface area contributed by atoms with Crippen molar-refractivity contribution in [3.8, 4) is 28.0 Å². The number of carbonyl (C=O) groups excluding carboxylic acids is 2. The van der Waals surface area contributed by atoms with Gasteiger partial charge >= 0.3 is 0 Å². The standard InChI is InChI=1S/C33H37N7O3/c1-38-14-12-29(13-15-38)43-28-9-7-23(8-10-28)22-3-5-24(6-4-22)33(42)40-16-11-27(21-40)37-32(41)30-17-25(18-35-31(30)34)26-19-36-39(2)20-26/h3-10,17-20,27,29H,11-16,21H2,1-2H3,(H2,34,35)(H,37,41)/t27-/m1/s1. The van der Waals surface area contributed by atoms with E-state index in [1.54, 1.807) is 28.0 Å². The predicted molar refractivity (Wildman–Crippen MR) is 166 cm³/mol. The molecule has 222 valence electrons. The highest BCUT2D eigenvalue weighted by Gasteiger charge is 2.29. The fourth-order valence-corrected chi connectivity index (χ4v) is 5.72. The second-order valence-corrected chi connectivity index (χ2v) is 11.5. The van der Waals surface area contributed by atoms with Gasteiger partial charge in [-0.1, -0.05) is 24.3 Å². The summed E-state index contributed by atoms with van der Waals surface area (Å²) in [5.74, 6) is 0.698. The predicted octanol–water partition coefficient (Wildman–Crippen LogP) is 3.85. The summed E-state index contributed by atoms with van der Waals surface area (Å²) < 4.78 is 7.86. The van der Waals surface area contributed by atoms with E-state index in [0.29, 0.717) is 30.6 Å². The zero-order valence-corrected chi connectivity index (χ0v) is 24.6. The molecule has 10 nitrogen and oxygen atoms in total. The lowest BCUT2D eigenvalue weighted by molar-refractivity contribution is 0.0783. The maximum absolute atomic E-state index is 13.3. The maximum Gasteiger partial charge on any atom is 0.255 e. The number of benzene rings is 2. The number of aromatic nitrogens is 3. The number of carbonyl (C=O) groups is 2. The molecule has 4 heterocycles. The first-order valence-electron chi connectivity index (χ1n) is 14.7. The summed E-state index contributed by atoms with van der Waals surface area (Å²) in [6, 6.07) is 17.4. The molecule has 0 unspecified atom stereocenters. The van der Waals surface area contributed by atoms with Gasteiger partial charge in [0.2, 0.25) is 0 Å². The molecular weight excluding hydrogens is 542 g/mol. The van der Waals surface area contributed by atoms with Crippen molar-refractivity contribution < 1.29 is 14.3 Å². The average Bonchev–Trinajstić information content (AvgIpc) is 3.68. The molecule has 2 aliphatic heterocycles. The Kier molecular flexibility index (Phi) is 8.11. The van der Waals surface area contributed by atoms with Crippen LogP contribution in [0, 0.1) is 0 Å². The van der Waals surface area contributed by atoms with Crippen LogP contribution >= 0.6 is 0 Å². The molecule has 1 atom stereocenters. The third-order valence-corrected chi connectivity index (χ3v) is 8.30. The van der Waals surface area contributed by atoms with Gasteiger partial charge in [0.25, 0.3) is 11.8 Å². The van der Waals surface area contributed by atoms with Gasteiger partial charge in [-0.25, -0.2) is 4.98 Å². The summed E-state index contributed by atoms with van der Waals surface area (Å²) in [6.07, 6.45) is 8.22. The highest BCUT2D eigenvalue weighted by atomic mass is 16.5. The largest absolute Gasteiger partial charge is 0.490 e. The lowest BCUT2D eigenvalue weighted by Gasteiger charge is -2.29. The summed E-state index contributed by atoms with van der Waals surface area (Å²) in [7, 11) is 3.97. The SMILES string of the molecule is CN1CCC(Oc2ccc(-c3ccc(C(=O)N4CC[C@@H](NC(=O)c5cc(-c6cnn(C)c6)cnc5N)C4)cc3)cc2)CC1. The van der Waals surface area contributed by atoms with Gasteiger partial charge in [0.05, 0.1) is 11.8 Å². The molecule has 2 aromatic heterocycles. The van der Waals surface area contributed by atoms with Gasteiger partial charge in [0.15, 0.2) is 0 Å². The van der Waals surface area contributed by atoms with E-state index in [2.05, 4.69) is 39.5 Å². The number of nitrogen functional groups attached to an aromatic ring is 1. The van der Waals surface area contributed by atoms with Crippen LogP contribution in [0.5, 0.6) is 5.75 Å². The first-order chi connectivity index (χ1) is 20.8. The minimum atomic E-state index is -0.304. The third kappa shape index (κ3) is 6.54. The normalized spacial score (nSPS) is 17.6. The van der Waals surface area contributed by atoms with Crippen molar-refractivity contribution in [3.63, 3.8) is 0 Å². The number of pyridine rings is 1. The minimum absolute atomic E-state index is 0.0510. The molecular formula is C33H37N7O3. The average molecular weight is 580 g/mol. The molecule has 0 aliphatic carbocycles. The lowest BCUT2D eigenvalue weighted by atomic mass is 10.0. The summed E-state index contributed by atoms with van der Waals surface area (Å²) in [5, 5.41) is 7.21. The fraction of sp³-hybridized carbons (Fsp3) is 0.333. The Labute approximate surface area is 251 Å². The molecule has 0 saturated carbocycles. The number of hydrogen-bond donors (Lipinski definition) is 2. The summed E-state index contributed by atoms with van der Waals surface area (Å²) in [5.41, 5.74) is 10.7. The number of ether oxygens (including phenoxy) is 1. The Morgan fingerprint density at radius 2 is 1.58 bits per heavy atom.